The summed E-state index contributed by atoms with van der Waals surface area (Å²) in [6.45, 7) is 8.36. The fourth-order valence-electron chi connectivity index (χ4n) is 5.96. The Bertz CT molecular complexity index is 1270. The van der Waals surface area contributed by atoms with Crippen LogP contribution in [0.4, 0.5) is 0 Å². The molecule has 0 heterocycles. The van der Waals surface area contributed by atoms with Gasteiger partial charge in [0.25, 0.3) is 5.91 Å². The lowest BCUT2D eigenvalue weighted by atomic mass is 9.49. The van der Waals surface area contributed by atoms with Crippen LogP contribution in [0.25, 0.3) is 0 Å². The van der Waals surface area contributed by atoms with Crippen molar-refractivity contribution in [1.82, 2.24) is 5.32 Å². The highest BCUT2D eigenvalue weighted by Crippen LogP contribution is 2.55. The minimum absolute atomic E-state index is 0.105. The van der Waals surface area contributed by atoms with E-state index in [2.05, 4.69) is 50.9 Å². The summed E-state index contributed by atoms with van der Waals surface area (Å²) in [6, 6.07) is 14.6. The van der Waals surface area contributed by atoms with Gasteiger partial charge in [-0.05, 0) is 49.2 Å². The Morgan fingerprint density at radius 1 is 1.03 bits per heavy atom. The molecule has 2 aromatic carbocycles. The summed E-state index contributed by atoms with van der Waals surface area (Å²) in [5.74, 6) is 8.04. The average molecular weight is 499 g/mol. The molecule has 0 radical (unpaired) electrons. The second kappa shape index (κ2) is 10.3. The number of amides is 1. The molecule has 1 amide bonds. The van der Waals surface area contributed by atoms with Gasteiger partial charge in [-0.3, -0.25) is 9.59 Å². The van der Waals surface area contributed by atoms with Gasteiger partial charge in [0.05, 0.1) is 12.7 Å². The predicted octanol–water partition coefficient (Wildman–Crippen LogP) is 5.29. The van der Waals surface area contributed by atoms with Crippen LogP contribution in [0.5, 0.6) is 11.5 Å². The first-order valence-corrected chi connectivity index (χ1v) is 12.7. The predicted molar refractivity (Wildman–Crippen MR) is 141 cm³/mol. The maximum atomic E-state index is 13.1. The number of ether oxygens (including phenoxy) is 2. The molecule has 0 unspecified atom stereocenters. The molecule has 37 heavy (non-hydrogen) atoms. The van der Waals surface area contributed by atoms with Crippen LogP contribution < -0.4 is 14.8 Å². The molecule has 2 fully saturated rings. The first-order chi connectivity index (χ1) is 17.6. The monoisotopic (exact) mass is 498 g/mol. The van der Waals surface area contributed by atoms with Gasteiger partial charge in [0.1, 0.15) is 29.5 Å². The molecule has 0 aromatic heterocycles. The van der Waals surface area contributed by atoms with E-state index in [4.69, 9.17) is 9.47 Å². The van der Waals surface area contributed by atoms with E-state index in [1.165, 1.54) is 7.11 Å². The van der Waals surface area contributed by atoms with Crippen molar-refractivity contribution in [3.8, 4) is 29.4 Å². The van der Waals surface area contributed by atoms with Gasteiger partial charge < -0.3 is 14.8 Å². The number of carbonyl (C=O) groups is 2. The van der Waals surface area contributed by atoms with Crippen molar-refractivity contribution in [2.45, 2.75) is 65.5 Å². The van der Waals surface area contributed by atoms with E-state index in [-0.39, 0.29) is 34.8 Å². The number of Topliss-reactive ketones (excluding diaryl/α,β-unsaturated/α-hetero) is 1. The first kappa shape index (κ1) is 26.3. The zero-order chi connectivity index (χ0) is 26.8. The van der Waals surface area contributed by atoms with Crippen molar-refractivity contribution in [2.75, 3.05) is 7.11 Å². The van der Waals surface area contributed by atoms with E-state index < -0.39 is 0 Å². The van der Waals surface area contributed by atoms with E-state index in [0.717, 1.165) is 18.4 Å². The Balaban J connectivity index is 1.40. The number of ketones is 1. The van der Waals surface area contributed by atoms with Crippen LogP contribution in [-0.2, 0) is 4.79 Å². The average Bonchev–Trinajstić information content (AvgIpc) is 2.89. The number of methoxy groups -OCH3 is 1. The van der Waals surface area contributed by atoms with Crippen molar-refractivity contribution >= 4 is 11.7 Å². The molecule has 0 saturated heterocycles. The molecule has 2 aliphatic rings. The number of nitrogens with zero attached hydrogens (tertiary/aromatic N) is 1. The third kappa shape index (κ3) is 5.35. The van der Waals surface area contributed by atoms with Crippen molar-refractivity contribution in [1.29, 1.82) is 5.26 Å². The van der Waals surface area contributed by atoms with Crippen molar-refractivity contribution in [2.24, 2.45) is 16.7 Å². The number of carbonyl (C=O) groups excluding carboxylic acids is 2. The lowest BCUT2D eigenvalue weighted by Crippen LogP contribution is -2.74. The largest absolute Gasteiger partial charge is 0.495 e. The molecule has 0 bridgehead atoms. The smallest absolute Gasteiger partial charge is 0.251 e. The summed E-state index contributed by atoms with van der Waals surface area (Å²) in [7, 11) is 1.53. The Morgan fingerprint density at radius 2 is 1.68 bits per heavy atom. The highest BCUT2D eigenvalue weighted by Gasteiger charge is 2.64. The molecule has 6 nitrogen and oxygen atoms in total. The summed E-state index contributed by atoms with van der Waals surface area (Å²) < 4.78 is 11.7. The lowest BCUT2D eigenvalue weighted by Gasteiger charge is -2.63. The normalized spacial score (nSPS) is 22.0. The van der Waals surface area contributed by atoms with Crippen molar-refractivity contribution in [3.05, 3.63) is 59.2 Å². The number of hydrogen-bond acceptors (Lipinski definition) is 5. The van der Waals surface area contributed by atoms with E-state index in [1.54, 1.807) is 30.3 Å². The molecular weight excluding hydrogens is 464 g/mol. The van der Waals surface area contributed by atoms with E-state index >= 15 is 0 Å². The molecule has 4 rings (SSSR count). The van der Waals surface area contributed by atoms with Crippen LogP contribution in [-0.4, -0.2) is 30.9 Å². The van der Waals surface area contributed by atoms with Gasteiger partial charge in [-0.2, -0.15) is 5.26 Å². The van der Waals surface area contributed by atoms with E-state index in [0.29, 0.717) is 41.3 Å². The summed E-state index contributed by atoms with van der Waals surface area (Å²) in [5.41, 5.74) is 1.25. The van der Waals surface area contributed by atoms with Crippen LogP contribution in [0.1, 0.15) is 74.9 Å². The molecule has 0 spiro atoms. The zero-order valence-corrected chi connectivity index (χ0v) is 22.2. The fraction of sp³-hybridized carbons (Fsp3) is 0.452. The van der Waals surface area contributed by atoms with Gasteiger partial charge in [0, 0.05) is 52.8 Å². The third-order valence-corrected chi connectivity index (χ3v) is 7.77. The van der Waals surface area contributed by atoms with Gasteiger partial charge in [-0.25, -0.2) is 0 Å². The van der Waals surface area contributed by atoms with Gasteiger partial charge >= 0.3 is 0 Å². The molecule has 6 heteroatoms. The molecule has 0 atom stereocenters. The summed E-state index contributed by atoms with van der Waals surface area (Å²) >= 11 is 0. The van der Waals surface area contributed by atoms with Crippen LogP contribution in [0.2, 0.25) is 0 Å². The standard InChI is InChI=1S/C31H34N2O4/c1-30(2)28(31(3,4)29(30)37-25-17-14-23(19-32)26(18-25)36-5)33-27(35)22-12-8-20(9-13-22)6-7-21-10-15-24(34)16-11-21/h8-9,12-14,17-18,21,28-29H,10-11,15-16H2,1-5H3,(H,33,35). The molecule has 1 N–H and O–H groups in total. The Labute approximate surface area is 219 Å². The minimum Gasteiger partial charge on any atom is -0.495 e. The number of benzene rings is 2. The van der Waals surface area contributed by atoms with Gasteiger partial charge in [0.2, 0.25) is 0 Å². The Kier molecular flexibility index (Phi) is 7.32. The van der Waals surface area contributed by atoms with Crippen LogP contribution in [0, 0.1) is 39.9 Å². The SMILES string of the molecule is COc1cc(OC2C(C)(C)C(NC(=O)c3ccc(C#CC4CCC(=O)CC4)cc3)C2(C)C)ccc1C#N. The Morgan fingerprint density at radius 3 is 2.27 bits per heavy atom. The minimum atomic E-state index is -0.326. The number of nitriles is 1. The highest BCUT2D eigenvalue weighted by molar-refractivity contribution is 5.94. The number of rotatable bonds is 5. The summed E-state index contributed by atoms with van der Waals surface area (Å²) in [5, 5.41) is 12.5. The van der Waals surface area contributed by atoms with Gasteiger partial charge in [-0.15, -0.1) is 0 Å². The molecule has 2 aliphatic carbocycles. The summed E-state index contributed by atoms with van der Waals surface area (Å²) in [6.07, 6.45) is 2.77. The molecule has 192 valence electrons. The molecule has 2 saturated carbocycles. The van der Waals surface area contributed by atoms with Crippen LogP contribution in [0.15, 0.2) is 42.5 Å². The lowest BCUT2D eigenvalue weighted by molar-refractivity contribution is -0.164. The maximum absolute atomic E-state index is 13.1. The van der Waals surface area contributed by atoms with Crippen molar-refractivity contribution in [3.63, 3.8) is 0 Å². The van der Waals surface area contributed by atoms with Crippen LogP contribution in [0.3, 0.4) is 0 Å². The maximum Gasteiger partial charge on any atom is 0.251 e. The third-order valence-electron chi connectivity index (χ3n) is 7.77. The second-order valence-electron chi connectivity index (χ2n) is 11.2. The van der Waals surface area contributed by atoms with E-state index in [1.807, 2.05) is 12.1 Å². The summed E-state index contributed by atoms with van der Waals surface area (Å²) in [4.78, 5) is 24.5. The quantitative estimate of drug-likeness (QED) is 0.566. The number of nitrogens with one attached hydrogen (secondary N) is 1. The highest BCUT2D eigenvalue weighted by atomic mass is 16.5. The second-order valence-corrected chi connectivity index (χ2v) is 11.2. The van der Waals surface area contributed by atoms with Gasteiger partial charge in [-0.1, -0.05) is 39.5 Å². The number of hydrogen-bond donors (Lipinski definition) is 1. The van der Waals surface area contributed by atoms with Gasteiger partial charge in [0.15, 0.2) is 0 Å². The molecular formula is C31H34N2O4. The topological polar surface area (TPSA) is 88.4 Å². The van der Waals surface area contributed by atoms with Crippen molar-refractivity contribution < 1.29 is 19.1 Å². The zero-order valence-electron chi connectivity index (χ0n) is 22.2. The molecule has 2 aromatic rings. The Hall–Kier alpha value is -3.77. The fourth-order valence-corrected chi connectivity index (χ4v) is 5.96. The first-order valence-electron chi connectivity index (χ1n) is 12.7. The molecule has 0 aliphatic heterocycles. The van der Waals surface area contributed by atoms with Crippen LogP contribution >= 0.6 is 0 Å². The van der Waals surface area contributed by atoms with E-state index in [9.17, 15) is 14.9 Å².